The van der Waals surface area contributed by atoms with Gasteiger partial charge in [-0.25, -0.2) is 4.39 Å². The molecule has 138 valence electrons. The topological polar surface area (TPSA) is 24.9 Å². The van der Waals surface area contributed by atoms with Crippen molar-refractivity contribution in [3.8, 4) is 11.5 Å². The largest absolute Gasteiger partial charge is 0.489 e. The van der Waals surface area contributed by atoms with Gasteiger partial charge < -0.3 is 14.4 Å². The fourth-order valence-electron chi connectivity index (χ4n) is 3.49. The lowest BCUT2D eigenvalue weighted by atomic mass is 10.1. The van der Waals surface area contributed by atoms with Gasteiger partial charge in [0.1, 0.15) is 5.82 Å². The maximum absolute atomic E-state index is 14.0. The molecule has 0 radical (unpaired) electrons. The van der Waals surface area contributed by atoms with Crippen LogP contribution in [-0.4, -0.2) is 44.3 Å². The molecule has 2 aliphatic rings. The molecular weight excluding hydrogens is 355 g/mol. The Balaban J connectivity index is 1.41. The fourth-order valence-corrected chi connectivity index (χ4v) is 3.78. The predicted molar refractivity (Wildman–Crippen MR) is 101 cm³/mol. The molecule has 4 nitrogen and oxygen atoms in total. The van der Waals surface area contributed by atoms with Gasteiger partial charge in [0.05, 0.1) is 23.9 Å². The zero-order valence-corrected chi connectivity index (χ0v) is 15.3. The Morgan fingerprint density at radius 2 is 1.77 bits per heavy atom. The highest BCUT2D eigenvalue weighted by molar-refractivity contribution is 6.32. The van der Waals surface area contributed by atoms with E-state index in [0.29, 0.717) is 29.7 Å². The SMILES string of the molecule is Fc1ccccc1N1CCN(Cc2cc(Cl)c3c(c2)OCCCO3)CC1. The predicted octanol–water partition coefficient (Wildman–Crippen LogP) is 3.96. The van der Waals surface area contributed by atoms with Crippen LogP contribution >= 0.6 is 11.6 Å². The van der Waals surface area contributed by atoms with Gasteiger partial charge in [-0.05, 0) is 29.8 Å². The van der Waals surface area contributed by atoms with Crippen LogP contribution in [0.25, 0.3) is 0 Å². The Labute approximate surface area is 158 Å². The van der Waals surface area contributed by atoms with Crippen LogP contribution in [0.1, 0.15) is 12.0 Å². The van der Waals surface area contributed by atoms with Crippen LogP contribution in [0.2, 0.25) is 5.02 Å². The van der Waals surface area contributed by atoms with Crippen LogP contribution in [0.4, 0.5) is 10.1 Å². The molecule has 2 heterocycles. The molecule has 0 amide bonds. The van der Waals surface area contributed by atoms with Gasteiger partial charge in [0.25, 0.3) is 0 Å². The van der Waals surface area contributed by atoms with Crippen molar-refractivity contribution < 1.29 is 13.9 Å². The van der Waals surface area contributed by atoms with Gasteiger partial charge in [-0.15, -0.1) is 0 Å². The Kier molecular flexibility index (Phi) is 5.18. The Morgan fingerprint density at radius 1 is 1.00 bits per heavy atom. The summed E-state index contributed by atoms with van der Waals surface area (Å²) in [4.78, 5) is 4.46. The first-order chi connectivity index (χ1) is 12.7. The second kappa shape index (κ2) is 7.72. The molecular formula is C20H22ClFN2O2. The molecule has 2 aromatic rings. The van der Waals surface area contributed by atoms with Crippen molar-refractivity contribution in [2.75, 3.05) is 44.3 Å². The van der Waals surface area contributed by atoms with Crippen LogP contribution in [-0.2, 0) is 6.54 Å². The minimum atomic E-state index is -0.157. The lowest BCUT2D eigenvalue weighted by Gasteiger charge is -2.36. The number of hydrogen-bond acceptors (Lipinski definition) is 4. The van der Waals surface area contributed by atoms with Crippen molar-refractivity contribution >= 4 is 17.3 Å². The summed E-state index contributed by atoms with van der Waals surface area (Å²) in [5.41, 5.74) is 1.80. The van der Waals surface area contributed by atoms with Crippen LogP contribution < -0.4 is 14.4 Å². The summed E-state index contributed by atoms with van der Waals surface area (Å²) in [7, 11) is 0. The number of piperazine rings is 1. The molecule has 0 spiro atoms. The molecule has 0 bridgehead atoms. The van der Waals surface area contributed by atoms with Crippen LogP contribution in [0.5, 0.6) is 11.5 Å². The molecule has 0 N–H and O–H groups in total. The fraction of sp³-hybridized carbons (Fsp3) is 0.400. The number of ether oxygens (including phenoxy) is 2. The molecule has 2 aromatic carbocycles. The summed E-state index contributed by atoms with van der Waals surface area (Å²) in [6.07, 6.45) is 0.859. The minimum Gasteiger partial charge on any atom is -0.489 e. The van der Waals surface area contributed by atoms with Crippen molar-refractivity contribution in [3.63, 3.8) is 0 Å². The molecule has 4 rings (SSSR count). The molecule has 1 fully saturated rings. The van der Waals surface area contributed by atoms with E-state index in [-0.39, 0.29) is 5.82 Å². The highest BCUT2D eigenvalue weighted by Gasteiger charge is 2.21. The molecule has 26 heavy (non-hydrogen) atoms. The van der Waals surface area contributed by atoms with E-state index in [9.17, 15) is 4.39 Å². The van der Waals surface area contributed by atoms with Crippen LogP contribution in [0, 0.1) is 5.82 Å². The molecule has 0 aromatic heterocycles. The summed E-state index contributed by atoms with van der Waals surface area (Å²) < 4.78 is 25.4. The van der Waals surface area contributed by atoms with Gasteiger partial charge in [-0.2, -0.15) is 0 Å². The minimum absolute atomic E-state index is 0.157. The summed E-state index contributed by atoms with van der Waals surface area (Å²) in [6.45, 7) is 5.43. The average molecular weight is 377 g/mol. The Hall–Kier alpha value is -1.98. The molecule has 0 unspecified atom stereocenters. The quantitative estimate of drug-likeness (QED) is 0.809. The maximum atomic E-state index is 14.0. The highest BCUT2D eigenvalue weighted by Crippen LogP contribution is 2.38. The molecule has 0 saturated carbocycles. The van der Waals surface area contributed by atoms with E-state index in [1.165, 1.54) is 6.07 Å². The number of anilines is 1. The zero-order valence-electron chi connectivity index (χ0n) is 14.6. The Morgan fingerprint density at radius 3 is 2.58 bits per heavy atom. The normalized spacial score (nSPS) is 17.8. The highest BCUT2D eigenvalue weighted by atomic mass is 35.5. The second-order valence-electron chi connectivity index (χ2n) is 6.67. The number of nitrogens with zero attached hydrogens (tertiary/aromatic N) is 2. The lowest BCUT2D eigenvalue weighted by molar-refractivity contribution is 0.248. The number of hydrogen-bond donors (Lipinski definition) is 0. The zero-order chi connectivity index (χ0) is 17.9. The van der Waals surface area contributed by atoms with Gasteiger partial charge in [0.15, 0.2) is 11.5 Å². The summed E-state index contributed by atoms with van der Waals surface area (Å²) in [5, 5.41) is 0.601. The summed E-state index contributed by atoms with van der Waals surface area (Å²) >= 11 is 6.38. The third-order valence-corrected chi connectivity index (χ3v) is 5.11. The first-order valence-electron chi connectivity index (χ1n) is 9.00. The molecule has 2 aliphatic heterocycles. The summed E-state index contributed by atoms with van der Waals surface area (Å²) in [6, 6.07) is 10.9. The monoisotopic (exact) mass is 376 g/mol. The third-order valence-electron chi connectivity index (χ3n) is 4.83. The first kappa shape index (κ1) is 17.4. The van der Waals surface area contributed by atoms with E-state index >= 15 is 0 Å². The van der Waals surface area contributed by atoms with E-state index in [2.05, 4.69) is 9.80 Å². The first-order valence-corrected chi connectivity index (χ1v) is 9.38. The van der Waals surface area contributed by atoms with Crippen LogP contribution in [0.3, 0.4) is 0 Å². The average Bonchev–Trinajstić information content (AvgIpc) is 2.89. The number of fused-ring (bicyclic) bond motifs is 1. The molecule has 1 saturated heterocycles. The van der Waals surface area contributed by atoms with Crippen molar-refractivity contribution in [3.05, 3.63) is 52.8 Å². The van der Waals surface area contributed by atoms with Gasteiger partial charge in [0, 0.05) is 39.1 Å². The molecule has 0 atom stereocenters. The van der Waals surface area contributed by atoms with E-state index in [1.807, 2.05) is 24.3 Å². The van der Waals surface area contributed by atoms with Crippen molar-refractivity contribution in [1.82, 2.24) is 4.90 Å². The number of rotatable bonds is 3. The van der Waals surface area contributed by atoms with Crippen molar-refractivity contribution in [1.29, 1.82) is 0 Å². The lowest BCUT2D eigenvalue weighted by Crippen LogP contribution is -2.46. The van der Waals surface area contributed by atoms with E-state index in [1.54, 1.807) is 6.07 Å². The number of para-hydroxylation sites is 1. The van der Waals surface area contributed by atoms with Gasteiger partial charge in [-0.3, -0.25) is 4.90 Å². The van der Waals surface area contributed by atoms with Gasteiger partial charge >= 0.3 is 0 Å². The Bertz CT molecular complexity index is 778. The smallest absolute Gasteiger partial charge is 0.179 e. The third kappa shape index (κ3) is 3.74. The molecule has 6 heteroatoms. The number of halogens is 2. The van der Waals surface area contributed by atoms with E-state index in [0.717, 1.165) is 50.5 Å². The maximum Gasteiger partial charge on any atom is 0.179 e. The second-order valence-corrected chi connectivity index (χ2v) is 7.08. The van der Waals surface area contributed by atoms with E-state index in [4.69, 9.17) is 21.1 Å². The van der Waals surface area contributed by atoms with E-state index < -0.39 is 0 Å². The number of benzene rings is 2. The van der Waals surface area contributed by atoms with Crippen molar-refractivity contribution in [2.24, 2.45) is 0 Å². The van der Waals surface area contributed by atoms with Gasteiger partial charge in [0.2, 0.25) is 0 Å². The van der Waals surface area contributed by atoms with Gasteiger partial charge in [-0.1, -0.05) is 23.7 Å². The standard InChI is InChI=1S/C20H22ClFN2O2/c21-16-12-15(13-19-20(16)26-11-3-10-25-19)14-23-6-8-24(9-7-23)18-5-2-1-4-17(18)22/h1-2,4-5,12-13H,3,6-11,14H2. The van der Waals surface area contributed by atoms with Crippen LogP contribution in [0.15, 0.2) is 36.4 Å². The summed E-state index contributed by atoms with van der Waals surface area (Å²) in [5.74, 6) is 1.22. The molecule has 0 aliphatic carbocycles. The van der Waals surface area contributed by atoms with Crippen molar-refractivity contribution in [2.45, 2.75) is 13.0 Å².